The van der Waals surface area contributed by atoms with Gasteiger partial charge in [0, 0.05) is 23.3 Å². The van der Waals surface area contributed by atoms with Crippen molar-refractivity contribution in [2.45, 2.75) is 37.6 Å². The van der Waals surface area contributed by atoms with E-state index in [1.165, 1.54) is 0 Å². The normalized spacial score (nSPS) is 27.3. The highest BCUT2D eigenvalue weighted by molar-refractivity contribution is 5.88. The molecule has 0 amide bonds. The molecule has 3 heterocycles. The van der Waals surface area contributed by atoms with Crippen LogP contribution in [0.3, 0.4) is 0 Å². The molecule has 5 atom stereocenters. The number of hydrogen-bond donors (Lipinski definition) is 6. The number of aromatic nitrogens is 1. The van der Waals surface area contributed by atoms with E-state index in [2.05, 4.69) is 10.3 Å². The lowest BCUT2D eigenvalue weighted by molar-refractivity contribution is -0.245. The molecule has 0 saturated carbocycles. The summed E-state index contributed by atoms with van der Waals surface area (Å²) in [5, 5.41) is 43.2. The first-order valence-electron chi connectivity index (χ1n) is 9.19. The number of nitrogens with one attached hydrogen (secondary N) is 2. The van der Waals surface area contributed by atoms with Crippen molar-refractivity contribution in [1.29, 1.82) is 0 Å². The molecule has 2 unspecified atom stereocenters. The molecule has 0 bridgehead atoms. The van der Waals surface area contributed by atoms with E-state index in [0.29, 0.717) is 22.5 Å². The maximum absolute atomic E-state index is 12.5. The Labute approximate surface area is 165 Å². The molecule has 154 valence electrons. The Hall–Kier alpha value is -2.69. The van der Waals surface area contributed by atoms with Crippen LogP contribution in [0.5, 0.6) is 0 Å². The monoisotopic (exact) mass is 402 g/mol. The van der Waals surface area contributed by atoms with Gasteiger partial charge in [0.1, 0.15) is 29.9 Å². The van der Waals surface area contributed by atoms with Crippen LogP contribution in [-0.4, -0.2) is 62.7 Å². The summed E-state index contributed by atoms with van der Waals surface area (Å²) in [6, 6.07) is 7.58. The summed E-state index contributed by atoms with van der Waals surface area (Å²) < 4.78 is 10.6. The van der Waals surface area contributed by atoms with Crippen molar-refractivity contribution in [3.05, 3.63) is 52.5 Å². The Morgan fingerprint density at radius 1 is 1.17 bits per heavy atom. The number of aliphatic hydroxyl groups is 4. The fraction of sp³-hybridized carbons (Fsp3) is 0.350. The highest BCUT2D eigenvalue weighted by atomic mass is 16.6. The van der Waals surface area contributed by atoms with Crippen LogP contribution in [0.4, 0.5) is 5.69 Å². The maximum Gasteiger partial charge on any atom is 0.345 e. The Bertz CT molecular complexity index is 1060. The van der Waals surface area contributed by atoms with Crippen LogP contribution in [0, 0.1) is 6.92 Å². The number of aromatic amines is 1. The third-order valence-electron chi connectivity index (χ3n) is 5.27. The quantitative estimate of drug-likeness (QED) is 0.342. The molecule has 1 aliphatic heterocycles. The van der Waals surface area contributed by atoms with Crippen LogP contribution in [0.25, 0.3) is 22.2 Å². The third-order valence-corrected chi connectivity index (χ3v) is 5.27. The van der Waals surface area contributed by atoms with Crippen molar-refractivity contribution in [1.82, 2.24) is 4.98 Å². The summed E-state index contributed by atoms with van der Waals surface area (Å²) in [6.07, 6.45) is -3.56. The second-order valence-corrected chi connectivity index (χ2v) is 7.08. The smallest absolute Gasteiger partial charge is 0.345 e. The molecule has 1 saturated heterocycles. The molecule has 6 N–H and O–H groups in total. The van der Waals surface area contributed by atoms with Crippen molar-refractivity contribution >= 4 is 16.7 Å². The summed E-state index contributed by atoms with van der Waals surface area (Å²) in [7, 11) is 0. The van der Waals surface area contributed by atoms with E-state index in [1.807, 2.05) is 6.92 Å². The van der Waals surface area contributed by atoms with Gasteiger partial charge in [0.25, 0.3) is 0 Å². The zero-order valence-electron chi connectivity index (χ0n) is 15.6. The van der Waals surface area contributed by atoms with Crippen molar-refractivity contribution < 1.29 is 29.6 Å². The topological polar surface area (TPSA) is 148 Å². The second kappa shape index (κ2) is 7.62. The highest BCUT2D eigenvalue weighted by Gasteiger charge is 2.43. The van der Waals surface area contributed by atoms with Gasteiger partial charge in [-0.1, -0.05) is 0 Å². The number of ether oxygens (including phenoxy) is 1. The van der Waals surface area contributed by atoms with E-state index >= 15 is 0 Å². The average molecular weight is 402 g/mol. The Balaban J connectivity index is 1.66. The van der Waals surface area contributed by atoms with Crippen molar-refractivity contribution in [3.63, 3.8) is 0 Å². The third kappa shape index (κ3) is 3.43. The van der Waals surface area contributed by atoms with Crippen LogP contribution >= 0.6 is 0 Å². The zero-order chi connectivity index (χ0) is 20.7. The lowest BCUT2D eigenvalue weighted by Crippen LogP contribution is -2.61. The Morgan fingerprint density at radius 3 is 2.66 bits per heavy atom. The van der Waals surface area contributed by atoms with E-state index in [9.17, 15) is 20.1 Å². The van der Waals surface area contributed by atoms with Gasteiger partial charge in [-0.3, -0.25) is 0 Å². The summed E-state index contributed by atoms with van der Waals surface area (Å²) in [5.74, 6) is 0. The summed E-state index contributed by atoms with van der Waals surface area (Å²) in [5.41, 5.74) is 2.17. The van der Waals surface area contributed by atoms with Crippen LogP contribution < -0.4 is 10.9 Å². The standard InChI is InChI=1S/C20H22N2O7/c1-9-11-5-4-10(22-16-18(25)17(24)14(8-23)29-20(16)27)7-13(11)28-19(26)15(9)12-3-2-6-21-12/h2-7,14,16-18,20-25,27H,8H2,1H3/t14?,16?,17-,18-,20-/m1/s1. The predicted molar refractivity (Wildman–Crippen MR) is 104 cm³/mol. The van der Waals surface area contributed by atoms with Crippen LogP contribution in [0.15, 0.2) is 45.7 Å². The first kappa shape index (κ1) is 19.6. The first-order valence-corrected chi connectivity index (χ1v) is 9.19. The number of anilines is 1. The molecule has 4 rings (SSSR count). The minimum atomic E-state index is -1.45. The van der Waals surface area contributed by atoms with E-state index in [1.54, 1.807) is 36.5 Å². The van der Waals surface area contributed by atoms with Gasteiger partial charge in [-0.15, -0.1) is 0 Å². The summed E-state index contributed by atoms with van der Waals surface area (Å²) >= 11 is 0. The van der Waals surface area contributed by atoms with Gasteiger partial charge >= 0.3 is 5.63 Å². The highest BCUT2D eigenvalue weighted by Crippen LogP contribution is 2.29. The van der Waals surface area contributed by atoms with Gasteiger partial charge in [-0.05, 0) is 36.8 Å². The second-order valence-electron chi connectivity index (χ2n) is 7.08. The van der Waals surface area contributed by atoms with Crippen molar-refractivity contribution in [2.24, 2.45) is 0 Å². The van der Waals surface area contributed by atoms with Gasteiger partial charge in [-0.2, -0.15) is 0 Å². The van der Waals surface area contributed by atoms with Crippen molar-refractivity contribution in [3.8, 4) is 11.3 Å². The number of benzene rings is 1. The SMILES string of the molecule is Cc1c(-c2ccc[nH]2)c(=O)oc2cc(NC3[C@H](O)OC(CO)[C@@H](O)[C@@H]3O)ccc12. The molecule has 1 fully saturated rings. The number of aliphatic hydroxyl groups excluding tert-OH is 4. The molecule has 0 spiro atoms. The van der Waals surface area contributed by atoms with Crippen LogP contribution in [-0.2, 0) is 4.74 Å². The maximum atomic E-state index is 12.5. The molecule has 2 aromatic heterocycles. The van der Waals surface area contributed by atoms with Gasteiger partial charge in [0.2, 0.25) is 0 Å². The molecule has 1 aromatic carbocycles. The Morgan fingerprint density at radius 2 is 1.97 bits per heavy atom. The molecular weight excluding hydrogens is 380 g/mol. The van der Waals surface area contributed by atoms with E-state index in [4.69, 9.17) is 14.3 Å². The summed E-state index contributed by atoms with van der Waals surface area (Å²) in [4.78, 5) is 15.5. The zero-order valence-corrected chi connectivity index (χ0v) is 15.6. The lowest BCUT2D eigenvalue weighted by Gasteiger charge is -2.40. The number of H-pyrrole nitrogens is 1. The number of fused-ring (bicyclic) bond motifs is 1. The van der Waals surface area contributed by atoms with Gasteiger partial charge < -0.3 is 39.9 Å². The molecular formula is C20H22N2O7. The van der Waals surface area contributed by atoms with E-state index in [0.717, 1.165) is 10.9 Å². The van der Waals surface area contributed by atoms with Gasteiger partial charge in [0.05, 0.1) is 17.9 Å². The fourth-order valence-electron chi connectivity index (χ4n) is 3.69. The molecule has 9 nitrogen and oxygen atoms in total. The van der Waals surface area contributed by atoms with Crippen molar-refractivity contribution in [2.75, 3.05) is 11.9 Å². The van der Waals surface area contributed by atoms with E-state index in [-0.39, 0.29) is 0 Å². The minimum absolute atomic E-state index is 0.335. The molecule has 0 aliphatic carbocycles. The lowest BCUT2D eigenvalue weighted by atomic mass is 9.96. The van der Waals surface area contributed by atoms with Crippen LogP contribution in [0.1, 0.15) is 5.56 Å². The van der Waals surface area contributed by atoms with Gasteiger partial charge in [0.15, 0.2) is 6.29 Å². The number of rotatable bonds is 4. The van der Waals surface area contributed by atoms with E-state index < -0.39 is 42.9 Å². The molecule has 29 heavy (non-hydrogen) atoms. The minimum Gasteiger partial charge on any atom is -0.422 e. The molecule has 1 aliphatic rings. The van der Waals surface area contributed by atoms with Gasteiger partial charge in [-0.25, -0.2) is 4.79 Å². The Kier molecular flexibility index (Phi) is 5.15. The molecule has 0 radical (unpaired) electrons. The largest absolute Gasteiger partial charge is 0.422 e. The van der Waals surface area contributed by atoms with Crippen LogP contribution in [0.2, 0.25) is 0 Å². The number of aryl methyl sites for hydroxylation is 1. The number of hydrogen-bond acceptors (Lipinski definition) is 8. The predicted octanol–water partition coefficient (Wildman–Crippen LogP) is 0.308. The molecule has 9 heteroatoms. The average Bonchev–Trinajstić information content (AvgIpc) is 3.22. The first-order chi connectivity index (χ1) is 13.9. The fourth-order valence-corrected chi connectivity index (χ4v) is 3.69. The molecule has 3 aromatic rings. The summed E-state index contributed by atoms with van der Waals surface area (Å²) in [6.45, 7) is 1.29.